The summed E-state index contributed by atoms with van der Waals surface area (Å²) in [6, 6.07) is 17.8. The molecular formula is C17H11Cl2NO2. The van der Waals surface area contributed by atoms with Gasteiger partial charge in [-0.2, -0.15) is 0 Å². The first-order chi connectivity index (χ1) is 10.6. The van der Waals surface area contributed by atoms with Crippen LogP contribution < -0.4 is 4.74 Å². The number of hydrogen-bond acceptors (Lipinski definition) is 2. The molecular weight excluding hydrogens is 321 g/mol. The van der Waals surface area contributed by atoms with Crippen molar-refractivity contribution < 1.29 is 9.53 Å². The van der Waals surface area contributed by atoms with E-state index in [-0.39, 0.29) is 10.9 Å². The molecule has 0 fully saturated rings. The zero-order valence-corrected chi connectivity index (χ0v) is 12.9. The first kappa shape index (κ1) is 14.7. The lowest BCUT2D eigenvalue weighted by Crippen LogP contribution is -2.04. The van der Waals surface area contributed by atoms with Crippen molar-refractivity contribution in [3.8, 4) is 11.5 Å². The van der Waals surface area contributed by atoms with Crippen LogP contribution in [0, 0.1) is 0 Å². The minimum absolute atomic E-state index is 0.236. The van der Waals surface area contributed by atoms with Crippen LogP contribution in [-0.2, 0) is 0 Å². The van der Waals surface area contributed by atoms with Crippen LogP contribution in [-0.4, -0.2) is 10.8 Å². The Hall–Kier alpha value is -2.23. The number of ether oxygens (including phenoxy) is 1. The van der Waals surface area contributed by atoms with Gasteiger partial charge in [0.2, 0.25) is 5.78 Å². The molecule has 1 aromatic heterocycles. The summed E-state index contributed by atoms with van der Waals surface area (Å²) in [5.74, 6) is 0.895. The van der Waals surface area contributed by atoms with E-state index in [0.29, 0.717) is 27.8 Å². The highest BCUT2D eigenvalue weighted by Gasteiger charge is 2.18. The van der Waals surface area contributed by atoms with Crippen molar-refractivity contribution in [2.75, 3.05) is 0 Å². The minimum atomic E-state index is -0.236. The first-order valence-corrected chi connectivity index (χ1v) is 7.31. The average molecular weight is 332 g/mol. The molecule has 0 radical (unpaired) electrons. The Bertz CT molecular complexity index is 793. The van der Waals surface area contributed by atoms with Gasteiger partial charge in [-0.1, -0.05) is 53.5 Å². The van der Waals surface area contributed by atoms with E-state index < -0.39 is 0 Å². The van der Waals surface area contributed by atoms with Crippen LogP contribution in [0.3, 0.4) is 0 Å². The van der Waals surface area contributed by atoms with E-state index in [1.165, 1.54) is 6.07 Å². The second-order valence-corrected chi connectivity index (χ2v) is 5.37. The number of nitrogens with one attached hydrogen (secondary N) is 1. The highest BCUT2D eigenvalue weighted by Crippen LogP contribution is 2.29. The molecule has 1 heterocycles. The molecule has 3 aromatic rings. The SMILES string of the molecule is O=C(c1cc(Cl)c(Cl)[nH]1)c1ccccc1Oc1ccccc1. The molecule has 2 aromatic carbocycles. The third kappa shape index (κ3) is 3.01. The number of benzene rings is 2. The fourth-order valence-electron chi connectivity index (χ4n) is 2.03. The topological polar surface area (TPSA) is 42.1 Å². The molecule has 0 atom stereocenters. The smallest absolute Gasteiger partial charge is 0.213 e. The number of aromatic nitrogens is 1. The standard InChI is InChI=1S/C17H11Cl2NO2/c18-13-10-14(20-17(13)19)16(21)12-8-4-5-9-15(12)22-11-6-2-1-3-7-11/h1-10,20H. The van der Waals surface area contributed by atoms with Crippen LogP contribution in [0.5, 0.6) is 11.5 Å². The number of hydrogen-bond donors (Lipinski definition) is 1. The molecule has 0 bridgehead atoms. The third-order valence-corrected chi connectivity index (χ3v) is 3.77. The zero-order valence-electron chi connectivity index (χ0n) is 11.3. The molecule has 0 spiro atoms. The van der Waals surface area contributed by atoms with Gasteiger partial charge in [-0.05, 0) is 30.3 Å². The number of halogens is 2. The second kappa shape index (κ2) is 6.26. The Morgan fingerprint density at radius 1 is 0.955 bits per heavy atom. The van der Waals surface area contributed by atoms with Gasteiger partial charge in [0.25, 0.3) is 0 Å². The number of H-pyrrole nitrogens is 1. The molecule has 0 saturated carbocycles. The third-order valence-electron chi connectivity index (χ3n) is 3.07. The Labute approximate surface area is 137 Å². The number of aromatic amines is 1. The quantitative estimate of drug-likeness (QED) is 0.655. The van der Waals surface area contributed by atoms with Crippen LogP contribution in [0.15, 0.2) is 60.7 Å². The number of ketones is 1. The summed E-state index contributed by atoms with van der Waals surface area (Å²) in [6.07, 6.45) is 0. The van der Waals surface area contributed by atoms with Gasteiger partial charge in [0, 0.05) is 0 Å². The number of rotatable bonds is 4. The molecule has 1 N–H and O–H groups in total. The summed E-state index contributed by atoms with van der Waals surface area (Å²) >= 11 is 11.7. The molecule has 3 nitrogen and oxygen atoms in total. The van der Waals surface area contributed by atoms with Crippen molar-refractivity contribution in [1.29, 1.82) is 0 Å². The molecule has 0 aliphatic rings. The highest BCUT2D eigenvalue weighted by molar-refractivity contribution is 6.41. The largest absolute Gasteiger partial charge is 0.457 e. The lowest BCUT2D eigenvalue weighted by molar-refractivity contribution is 0.103. The van der Waals surface area contributed by atoms with Crippen LogP contribution in [0.25, 0.3) is 0 Å². The van der Waals surface area contributed by atoms with Gasteiger partial charge < -0.3 is 9.72 Å². The molecule has 3 rings (SSSR count). The van der Waals surface area contributed by atoms with Gasteiger partial charge in [-0.25, -0.2) is 0 Å². The normalized spacial score (nSPS) is 10.5. The van der Waals surface area contributed by atoms with E-state index in [0.717, 1.165) is 0 Å². The van der Waals surface area contributed by atoms with Gasteiger partial charge in [0.1, 0.15) is 16.7 Å². The van der Waals surface area contributed by atoms with Crippen molar-refractivity contribution in [2.45, 2.75) is 0 Å². The van der Waals surface area contributed by atoms with Crippen LogP contribution in [0.2, 0.25) is 10.2 Å². The highest BCUT2D eigenvalue weighted by atomic mass is 35.5. The maximum atomic E-state index is 12.6. The molecule has 0 aliphatic heterocycles. The van der Waals surface area contributed by atoms with Gasteiger partial charge in [-0.15, -0.1) is 0 Å². The maximum absolute atomic E-state index is 12.6. The van der Waals surface area contributed by atoms with Gasteiger partial charge in [-0.3, -0.25) is 4.79 Å². The van der Waals surface area contributed by atoms with E-state index in [1.807, 2.05) is 36.4 Å². The molecule has 0 unspecified atom stereocenters. The lowest BCUT2D eigenvalue weighted by atomic mass is 10.1. The Kier molecular flexibility index (Phi) is 4.18. The van der Waals surface area contributed by atoms with Gasteiger partial charge in [0.15, 0.2) is 0 Å². The van der Waals surface area contributed by atoms with E-state index >= 15 is 0 Å². The molecule has 5 heteroatoms. The summed E-state index contributed by atoms with van der Waals surface area (Å²) < 4.78 is 5.79. The minimum Gasteiger partial charge on any atom is -0.457 e. The molecule has 0 amide bonds. The monoisotopic (exact) mass is 331 g/mol. The van der Waals surface area contributed by atoms with Crippen LogP contribution >= 0.6 is 23.2 Å². The Morgan fingerprint density at radius 3 is 2.32 bits per heavy atom. The first-order valence-electron chi connectivity index (χ1n) is 6.56. The Balaban J connectivity index is 1.95. The van der Waals surface area contributed by atoms with Gasteiger partial charge >= 0.3 is 0 Å². The van der Waals surface area contributed by atoms with Crippen molar-refractivity contribution in [2.24, 2.45) is 0 Å². The van der Waals surface area contributed by atoms with E-state index in [9.17, 15) is 4.79 Å². The average Bonchev–Trinajstić information content (AvgIpc) is 2.88. The second-order valence-electron chi connectivity index (χ2n) is 4.59. The molecule has 110 valence electrons. The summed E-state index contributed by atoms with van der Waals surface area (Å²) in [7, 11) is 0. The summed E-state index contributed by atoms with van der Waals surface area (Å²) in [6.45, 7) is 0. The zero-order chi connectivity index (χ0) is 15.5. The van der Waals surface area contributed by atoms with E-state index in [1.54, 1.807) is 18.2 Å². The Morgan fingerprint density at radius 2 is 1.64 bits per heavy atom. The molecule has 0 saturated heterocycles. The summed E-state index contributed by atoms with van der Waals surface area (Å²) in [5, 5.41) is 0.554. The van der Waals surface area contributed by atoms with Crippen molar-refractivity contribution in [3.05, 3.63) is 82.1 Å². The number of para-hydroxylation sites is 2. The van der Waals surface area contributed by atoms with Crippen molar-refractivity contribution in [3.63, 3.8) is 0 Å². The number of carbonyl (C=O) groups is 1. The van der Waals surface area contributed by atoms with Crippen LogP contribution in [0.4, 0.5) is 0 Å². The van der Waals surface area contributed by atoms with Crippen molar-refractivity contribution in [1.82, 2.24) is 4.98 Å². The predicted molar refractivity (Wildman–Crippen MR) is 87.2 cm³/mol. The van der Waals surface area contributed by atoms with E-state index in [2.05, 4.69) is 4.98 Å². The maximum Gasteiger partial charge on any atom is 0.213 e. The molecule has 0 aliphatic carbocycles. The number of carbonyl (C=O) groups excluding carboxylic acids is 1. The fourth-order valence-corrected chi connectivity index (χ4v) is 2.34. The summed E-state index contributed by atoms with van der Waals surface area (Å²) in [4.78, 5) is 15.4. The van der Waals surface area contributed by atoms with Crippen molar-refractivity contribution >= 4 is 29.0 Å². The lowest BCUT2D eigenvalue weighted by Gasteiger charge is -2.09. The fraction of sp³-hybridized carbons (Fsp3) is 0. The van der Waals surface area contributed by atoms with Crippen LogP contribution in [0.1, 0.15) is 16.1 Å². The predicted octanol–water partition coefficient (Wildman–Crippen LogP) is 5.34. The van der Waals surface area contributed by atoms with E-state index in [4.69, 9.17) is 27.9 Å². The summed E-state index contributed by atoms with van der Waals surface area (Å²) in [5.41, 5.74) is 0.750. The van der Waals surface area contributed by atoms with Gasteiger partial charge in [0.05, 0.1) is 16.3 Å². The molecule has 22 heavy (non-hydrogen) atoms.